The van der Waals surface area contributed by atoms with Crippen molar-refractivity contribution in [1.82, 2.24) is 0 Å². The maximum atomic E-state index is 5.84. The number of ether oxygens (including phenoxy) is 1. The molecule has 88 valence electrons. The van der Waals surface area contributed by atoms with Gasteiger partial charge in [0.15, 0.2) is 0 Å². The highest BCUT2D eigenvalue weighted by molar-refractivity contribution is 7.80. The third kappa shape index (κ3) is 3.99. The van der Waals surface area contributed by atoms with Crippen LogP contribution in [-0.4, -0.2) is 11.6 Å². The fourth-order valence-electron chi connectivity index (χ4n) is 1.10. The Kier molecular flexibility index (Phi) is 4.56. The molecule has 4 heteroatoms. The van der Waals surface area contributed by atoms with Crippen LogP contribution in [0, 0.1) is 5.41 Å². The van der Waals surface area contributed by atoms with Crippen LogP contribution in [0.3, 0.4) is 0 Å². The van der Waals surface area contributed by atoms with E-state index in [1.165, 1.54) is 0 Å². The summed E-state index contributed by atoms with van der Waals surface area (Å²) < 4.78 is 5.57. The van der Waals surface area contributed by atoms with Gasteiger partial charge in [0.1, 0.15) is 5.75 Å². The van der Waals surface area contributed by atoms with Gasteiger partial charge < -0.3 is 10.5 Å². The van der Waals surface area contributed by atoms with Gasteiger partial charge in [0.05, 0.1) is 11.6 Å². The van der Waals surface area contributed by atoms with E-state index in [-0.39, 0.29) is 5.41 Å². The van der Waals surface area contributed by atoms with Crippen LogP contribution in [0.2, 0.25) is 5.02 Å². The Morgan fingerprint density at radius 1 is 1.50 bits per heavy atom. The Morgan fingerprint density at radius 3 is 2.75 bits per heavy atom. The van der Waals surface area contributed by atoms with Crippen LogP contribution in [0.5, 0.6) is 5.75 Å². The summed E-state index contributed by atoms with van der Waals surface area (Å²) in [6.45, 7) is 4.60. The third-order valence-corrected chi connectivity index (χ3v) is 3.25. The molecule has 1 rings (SSSR count). The normalized spacial score (nSPS) is 11.2. The highest BCUT2D eigenvalue weighted by atomic mass is 35.5. The highest BCUT2D eigenvalue weighted by Gasteiger charge is 2.21. The molecule has 0 saturated carbocycles. The molecule has 0 atom stereocenters. The first-order chi connectivity index (χ1) is 7.42. The monoisotopic (exact) mass is 257 g/mol. The summed E-state index contributed by atoms with van der Waals surface area (Å²) >= 11 is 10.8. The van der Waals surface area contributed by atoms with Crippen LogP contribution in [0.1, 0.15) is 20.3 Å². The van der Waals surface area contributed by atoms with Crippen molar-refractivity contribution in [3.05, 3.63) is 29.3 Å². The number of hydrogen-bond acceptors (Lipinski definition) is 2. The second-order valence-electron chi connectivity index (χ2n) is 4.30. The molecule has 0 aliphatic carbocycles. The molecule has 1 aromatic carbocycles. The lowest BCUT2D eigenvalue weighted by Crippen LogP contribution is -2.31. The summed E-state index contributed by atoms with van der Waals surface area (Å²) in [4.78, 5) is 0.516. The number of rotatable bonds is 5. The third-order valence-electron chi connectivity index (χ3n) is 2.46. The number of halogens is 1. The quantitative estimate of drug-likeness (QED) is 0.821. The Morgan fingerprint density at radius 2 is 2.19 bits per heavy atom. The lowest BCUT2D eigenvalue weighted by atomic mass is 9.90. The molecule has 0 spiro atoms. The maximum absolute atomic E-state index is 5.84. The second kappa shape index (κ2) is 5.51. The van der Waals surface area contributed by atoms with E-state index in [4.69, 9.17) is 34.3 Å². The smallest absolute Gasteiger partial charge is 0.120 e. The van der Waals surface area contributed by atoms with E-state index in [9.17, 15) is 0 Å². The van der Waals surface area contributed by atoms with Crippen molar-refractivity contribution >= 4 is 28.8 Å². The molecule has 16 heavy (non-hydrogen) atoms. The van der Waals surface area contributed by atoms with Gasteiger partial charge in [-0.2, -0.15) is 0 Å². The molecule has 0 unspecified atom stereocenters. The van der Waals surface area contributed by atoms with Crippen molar-refractivity contribution in [3.63, 3.8) is 0 Å². The molecule has 2 N–H and O–H groups in total. The number of nitrogens with two attached hydrogens (primary N) is 1. The zero-order valence-electron chi connectivity index (χ0n) is 9.50. The van der Waals surface area contributed by atoms with Crippen molar-refractivity contribution in [3.8, 4) is 5.75 Å². The summed E-state index contributed by atoms with van der Waals surface area (Å²) in [5.41, 5.74) is 5.46. The predicted octanol–water partition coefficient (Wildman–Crippen LogP) is 3.42. The van der Waals surface area contributed by atoms with Crippen LogP contribution < -0.4 is 10.5 Å². The van der Waals surface area contributed by atoms with Crippen molar-refractivity contribution in [1.29, 1.82) is 0 Å². The van der Waals surface area contributed by atoms with E-state index < -0.39 is 0 Å². The van der Waals surface area contributed by atoms with Crippen LogP contribution in [-0.2, 0) is 0 Å². The van der Waals surface area contributed by atoms with Crippen LogP contribution in [0.4, 0.5) is 0 Å². The van der Waals surface area contributed by atoms with Crippen molar-refractivity contribution in [2.45, 2.75) is 20.3 Å². The molecule has 2 nitrogen and oxygen atoms in total. The average Bonchev–Trinajstić information content (AvgIpc) is 2.17. The van der Waals surface area contributed by atoms with Crippen LogP contribution >= 0.6 is 23.8 Å². The number of benzene rings is 1. The summed E-state index contributed by atoms with van der Waals surface area (Å²) in [6, 6.07) is 7.33. The van der Waals surface area contributed by atoms with E-state index in [0.717, 1.165) is 12.2 Å². The molecule has 0 aliphatic rings. The van der Waals surface area contributed by atoms with Crippen LogP contribution in [0.15, 0.2) is 24.3 Å². The molecule has 0 bridgehead atoms. The largest absolute Gasteiger partial charge is 0.494 e. The summed E-state index contributed by atoms with van der Waals surface area (Å²) in [5, 5.41) is 0.672. The SMILES string of the molecule is CC(C)(CCOc1cccc(Cl)c1)C(N)=S. The molecular weight excluding hydrogens is 242 g/mol. The molecule has 0 aliphatic heterocycles. The lowest BCUT2D eigenvalue weighted by molar-refractivity contribution is 0.270. The first-order valence-electron chi connectivity index (χ1n) is 5.10. The maximum Gasteiger partial charge on any atom is 0.120 e. The Labute approximate surface area is 107 Å². The molecule has 0 heterocycles. The first kappa shape index (κ1) is 13.3. The summed E-state index contributed by atoms with van der Waals surface area (Å²) in [5.74, 6) is 0.770. The van der Waals surface area contributed by atoms with Gasteiger partial charge in [-0.25, -0.2) is 0 Å². The van der Waals surface area contributed by atoms with Gasteiger partial charge in [0.25, 0.3) is 0 Å². The zero-order valence-corrected chi connectivity index (χ0v) is 11.1. The minimum atomic E-state index is -0.173. The fraction of sp³-hybridized carbons (Fsp3) is 0.417. The van der Waals surface area contributed by atoms with Gasteiger partial charge >= 0.3 is 0 Å². The number of hydrogen-bond donors (Lipinski definition) is 1. The minimum absolute atomic E-state index is 0.173. The average molecular weight is 258 g/mol. The molecule has 0 fully saturated rings. The van der Waals surface area contributed by atoms with Crippen molar-refractivity contribution in [2.24, 2.45) is 11.1 Å². The van der Waals surface area contributed by atoms with E-state index in [1.54, 1.807) is 6.07 Å². The Hall–Kier alpha value is -0.800. The first-order valence-corrected chi connectivity index (χ1v) is 5.89. The zero-order chi connectivity index (χ0) is 12.2. The topological polar surface area (TPSA) is 35.2 Å². The molecule has 0 saturated heterocycles. The van der Waals surface area contributed by atoms with Gasteiger partial charge in [-0.3, -0.25) is 0 Å². The van der Waals surface area contributed by atoms with Gasteiger partial charge in [-0.15, -0.1) is 0 Å². The van der Waals surface area contributed by atoms with Crippen LogP contribution in [0.25, 0.3) is 0 Å². The highest BCUT2D eigenvalue weighted by Crippen LogP contribution is 2.22. The van der Waals surface area contributed by atoms with E-state index in [0.29, 0.717) is 16.6 Å². The fourth-order valence-corrected chi connectivity index (χ4v) is 1.39. The molecule has 0 aromatic heterocycles. The van der Waals surface area contributed by atoms with Gasteiger partial charge in [0, 0.05) is 10.4 Å². The molecule has 0 amide bonds. The van der Waals surface area contributed by atoms with Crippen molar-refractivity contribution in [2.75, 3.05) is 6.61 Å². The summed E-state index contributed by atoms with van der Waals surface area (Å²) in [6.07, 6.45) is 0.787. The Balaban J connectivity index is 2.45. The molecule has 0 radical (unpaired) electrons. The van der Waals surface area contributed by atoms with E-state index in [2.05, 4.69) is 0 Å². The summed E-state index contributed by atoms with van der Waals surface area (Å²) in [7, 11) is 0. The van der Waals surface area contributed by atoms with Crippen molar-refractivity contribution < 1.29 is 4.74 Å². The van der Waals surface area contributed by atoms with E-state index >= 15 is 0 Å². The van der Waals surface area contributed by atoms with E-state index in [1.807, 2.05) is 32.0 Å². The van der Waals surface area contributed by atoms with Gasteiger partial charge in [0.2, 0.25) is 0 Å². The number of thiocarbonyl (C=S) groups is 1. The molecule has 1 aromatic rings. The second-order valence-corrected chi connectivity index (χ2v) is 5.18. The van der Waals surface area contributed by atoms with Gasteiger partial charge in [-0.05, 0) is 24.6 Å². The Bertz CT molecular complexity index is 379. The van der Waals surface area contributed by atoms with Gasteiger partial charge in [-0.1, -0.05) is 43.7 Å². The minimum Gasteiger partial charge on any atom is -0.494 e. The molecular formula is C12H16ClNOS. The lowest BCUT2D eigenvalue weighted by Gasteiger charge is -2.22. The standard InChI is InChI=1S/C12H16ClNOS/c1-12(2,11(14)16)6-7-15-10-5-3-4-9(13)8-10/h3-5,8H,6-7H2,1-2H3,(H2,14,16). The predicted molar refractivity (Wildman–Crippen MR) is 72.1 cm³/mol.